The Balaban J connectivity index is 1.61. The molecule has 0 saturated carbocycles. The number of carbonyl (C=O) groups is 5. The molecule has 3 aromatic rings. The Morgan fingerprint density at radius 3 is 2.18 bits per heavy atom. The number of hydrogen-bond donors (Lipinski definition) is 4. The van der Waals surface area contributed by atoms with Crippen LogP contribution in [0.15, 0.2) is 48.5 Å². The molecule has 3 rings (SSSR count). The molecule has 0 aliphatic carbocycles. The minimum Gasteiger partial charge on any atom is -0.481 e. The van der Waals surface area contributed by atoms with Crippen LogP contribution in [0.3, 0.4) is 0 Å². The SMILES string of the molecule is CC(NC(=O)C(NC(=O)CCc1ccccc1)C(C)C)C(=O)NC(CC(=O)O)C(=O)Cn1nnnc1Cc1c(Cl)cccc1Cl. The number of hydrogen-bond acceptors (Lipinski definition) is 8. The van der Waals surface area contributed by atoms with Crippen LogP contribution >= 0.6 is 23.2 Å². The van der Waals surface area contributed by atoms with Gasteiger partial charge in [0.1, 0.15) is 18.6 Å². The molecule has 13 nitrogen and oxygen atoms in total. The number of aryl methyl sites for hydroxylation is 1. The Kier molecular flexibility index (Phi) is 13.0. The Bertz CT molecular complexity index is 1500. The van der Waals surface area contributed by atoms with Gasteiger partial charge in [0.2, 0.25) is 17.7 Å². The Hall–Kier alpha value is -4.36. The smallest absolute Gasteiger partial charge is 0.305 e. The van der Waals surface area contributed by atoms with Crippen LogP contribution in [0, 0.1) is 5.92 Å². The molecule has 0 saturated heterocycles. The summed E-state index contributed by atoms with van der Waals surface area (Å²) < 4.78 is 1.17. The third-order valence-electron chi connectivity index (χ3n) is 6.89. The second kappa shape index (κ2) is 16.6. The molecule has 0 aliphatic rings. The van der Waals surface area contributed by atoms with E-state index in [0.29, 0.717) is 22.0 Å². The number of ketones is 1. The van der Waals surface area contributed by atoms with Crippen LogP contribution in [0.25, 0.3) is 0 Å². The lowest BCUT2D eigenvalue weighted by molar-refractivity contribution is -0.140. The van der Waals surface area contributed by atoms with E-state index in [9.17, 15) is 29.1 Å². The quantitative estimate of drug-likeness (QED) is 0.179. The fraction of sp³-hybridized carbons (Fsp3) is 0.400. The summed E-state index contributed by atoms with van der Waals surface area (Å²) in [5.74, 6) is -3.79. The van der Waals surface area contributed by atoms with E-state index in [-0.39, 0.29) is 30.5 Å². The highest BCUT2D eigenvalue weighted by molar-refractivity contribution is 6.36. The monoisotopic (exact) mass is 659 g/mol. The van der Waals surface area contributed by atoms with Crippen LogP contribution in [0.2, 0.25) is 10.0 Å². The molecular weight excluding hydrogens is 625 g/mol. The van der Waals surface area contributed by atoms with Crippen molar-refractivity contribution in [1.29, 1.82) is 0 Å². The summed E-state index contributed by atoms with van der Waals surface area (Å²) >= 11 is 12.5. The highest BCUT2D eigenvalue weighted by atomic mass is 35.5. The molecular formula is C30H35Cl2N7O6. The van der Waals surface area contributed by atoms with E-state index in [0.717, 1.165) is 5.56 Å². The van der Waals surface area contributed by atoms with Gasteiger partial charge in [-0.15, -0.1) is 5.10 Å². The number of carboxylic acid groups (broad SMARTS) is 1. The normalized spacial score (nSPS) is 13.0. The standard InChI is InChI=1S/C30H35Cl2N7O6/c1-17(2)28(35-26(41)13-12-19-8-5-4-6-9-19)30(45)33-18(3)29(44)34-23(15-27(42)43)24(40)16-39-25(36-37-38-39)14-20-21(31)10-7-11-22(20)32/h4-11,17-18,23,28H,12-16H2,1-3H3,(H,33,45)(H,34,44)(H,35,41)(H,42,43). The summed E-state index contributed by atoms with van der Waals surface area (Å²) in [6.45, 7) is 4.44. The van der Waals surface area contributed by atoms with Crippen molar-refractivity contribution in [3.8, 4) is 0 Å². The van der Waals surface area contributed by atoms with Gasteiger partial charge in [0.15, 0.2) is 11.6 Å². The van der Waals surface area contributed by atoms with Crippen LogP contribution in [0.5, 0.6) is 0 Å². The van der Waals surface area contributed by atoms with Gasteiger partial charge in [-0.3, -0.25) is 24.0 Å². The lowest BCUT2D eigenvalue weighted by atomic mass is 10.0. The molecule has 0 aliphatic heterocycles. The predicted molar refractivity (Wildman–Crippen MR) is 165 cm³/mol. The van der Waals surface area contributed by atoms with Crippen LogP contribution in [0.4, 0.5) is 0 Å². The molecule has 0 radical (unpaired) electrons. The minimum absolute atomic E-state index is 0.0949. The van der Waals surface area contributed by atoms with Crippen LogP contribution < -0.4 is 16.0 Å². The van der Waals surface area contributed by atoms with Crippen molar-refractivity contribution in [2.75, 3.05) is 0 Å². The molecule has 3 unspecified atom stereocenters. The van der Waals surface area contributed by atoms with E-state index >= 15 is 0 Å². The highest BCUT2D eigenvalue weighted by Gasteiger charge is 2.30. The number of nitrogens with one attached hydrogen (secondary N) is 3. The predicted octanol–water partition coefficient (Wildman–Crippen LogP) is 2.38. The summed E-state index contributed by atoms with van der Waals surface area (Å²) in [5, 5.41) is 29.2. The maximum absolute atomic E-state index is 13.2. The average molecular weight is 661 g/mol. The number of Topliss-reactive ketones (excluding diaryl/α,β-unsaturated/α-hetero) is 1. The number of aromatic nitrogens is 4. The van der Waals surface area contributed by atoms with Gasteiger partial charge in [0, 0.05) is 22.9 Å². The number of halogens is 2. The molecule has 2 aromatic carbocycles. The number of tetrazole rings is 1. The summed E-state index contributed by atoms with van der Waals surface area (Å²) in [4.78, 5) is 63.3. The third-order valence-corrected chi connectivity index (χ3v) is 7.60. The van der Waals surface area contributed by atoms with Crippen molar-refractivity contribution in [3.05, 3.63) is 75.5 Å². The average Bonchev–Trinajstić information content (AvgIpc) is 3.42. The molecule has 4 N–H and O–H groups in total. The number of aliphatic carboxylic acids is 1. The van der Waals surface area contributed by atoms with E-state index in [1.165, 1.54) is 11.6 Å². The molecule has 0 fully saturated rings. The zero-order valence-corrected chi connectivity index (χ0v) is 26.5. The van der Waals surface area contributed by atoms with Gasteiger partial charge in [-0.1, -0.05) is 73.4 Å². The third kappa shape index (κ3) is 10.6. The Morgan fingerprint density at radius 1 is 0.889 bits per heavy atom. The van der Waals surface area contributed by atoms with Crippen molar-refractivity contribution in [1.82, 2.24) is 36.2 Å². The van der Waals surface area contributed by atoms with Crippen molar-refractivity contribution in [2.24, 2.45) is 5.92 Å². The second-order valence-corrected chi connectivity index (χ2v) is 11.6. The number of amides is 3. The Labute approximate surface area is 270 Å². The van der Waals surface area contributed by atoms with Gasteiger partial charge in [0.25, 0.3) is 0 Å². The molecule has 3 atom stereocenters. The van der Waals surface area contributed by atoms with Gasteiger partial charge >= 0.3 is 5.97 Å². The zero-order chi connectivity index (χ0) is 33.1. The number of carboxylic acids is 1. The molecule has 240 valence electrons. The van der Waals surface area contributed by atoms with Crippen LogP contribution in [-0.2, 0) is 43.4 Å². The van der Waals surface area contributed by atoms with Crippen molar-refractivity contribution in [2.45, 2.75) is 71.1 Å². The summed E-state index contributed by atoms with van der Waals surface area (Å²) in [7, 11) is 0. The van der Waals surface area contributed by atoms with E-state index in [4.69, 9.17) is 23.2 Å². The number of carbonyl (C=O) groups excluding carboxylic acids is 4. The lowest BCUT2D eigenvalue weighted by Gasteiger charge is -2.25. The van der Waals surface area contributed by atoms with Gasteiger partial charge in [-0.05, 0) is 52.9 Å². The van der Waals surface area contributed by atoms with Gasteiger partial charge in [-0.2, -0.15) is 0 Å². The number of nitrogens with zero attached hydrogens (tertiary/aromatic N) is 4. The molecule has 1 aromatic heterocycles. The van der Waals surface area contributed by atoms with Gasteiger partial charge in [0.05, 0.1) is 12.5 Å². The fourth-order valence-corrected chi connectivity index (χ4v) is 4.89. The summed E-state index contributed by atoms with van der Waals surface area (Å²) in [6.07, 6.45) is 0.0452. The van der Waals surface area contributed by atoms with Crippen molar-refractivity contribution >= 4 is 52.7 Å². The second-order valence-electron chi connectivity index (χ2n) is 10.8. The van der Waals surface area contributed by atoms with E-state index < -0.39 is 54.7 Å². The van der Waals surface area contributed by atoms with E-state index in [2.05, 4.69) is 31.5 Å². The molecule has 1 heterocycles. The molecule has 45 heavy (non-hydrogen) atoms. The first kappa shape index (κ1) is 35.1. The summed E-state index contributed by atoms with van der Waals surface area (Å²) in [5.41, 5.74) is 1.52. The first-order valence-electron chi connectivity index (χ1n) is 14.2. The topological polar surface area (TPSA) is 185 Å². The van der Waals surface area contributed by atoms with E-state index in [1.807, 2.05) is 30.3 Å². The Morgan fingerprint density at radius 2 is 1.56 bits per heavy atom. The van der Waals surface area contributed by atoms with Gasteiger partial charge in [-0.25, -0.2) is 4.68 Å². The molecule has 0 bridgehead atoms. The summed E-state index contributed by atoms with van der Waals surface area (Å²) in [6, 6.07) is 10.9. The van der Waals surface area contributed by atoms with Crippen molar-refractivity contribution in [3.63, 3.8) is 0 Å². The van der Waals surface area contributed by atoms with E-state index in [1.54, 1.807) is 32.0 Å². The highest BCUT2D eigenvalue weighted by Crippen LogP contribution is 2.26. The first-order chi connectivity index (χ1) is 21.3. The van der Waals surface area contributed by atoms with Crippen LogP contribution in [0.1, 0.15) is 50.6 Å². The maximum Gasteiger partial charge on any atom is 0.305 e. The van der Waals surface area contributed by atoms with Gasteiger partial charge < -0.3 is 21.1 Å². The minimum atomic E-state index is -1.45. The lowest BCUT2D eigenvalue weighted by Crippen LogP contribution is -2.56. The fourth-order valence-electron chi connectivity index (χ4n) is 4.36. The maximum atomic E-state index is 13.2. The largest absolute Gasteiger partial charge is 0.481 e. The van der Waals surface area contributed by atoms with Crippen LogP contribution in [-0.4, -0.2) is 72.9 Å². The zero-order valence-electron chi connectivity index (χ0n) is 25.0. The molecule has 3 amide bonds. The van der Waals surface area contributed by atoms with Crippen molar-refractivity contribution < 1.29 is 29.1 Å². The molecule has 15 heteroatoms. The number of benzene rings is 2. The molecule has 0 spiro atoms. The first-order valence-corrected chi connectivity index (χ1v) is 15.0. The number of rotatable bonds is 16.